The molecule has 1 aromatic rings. The molecule has 1 aromatic heterocycles. The fraction of sp³-hybridized carbons (Fsp3) is 0.750. The molecule has 0 radical (unpaired) electrons. The molecule has 0 spiro atoms. The lowest BCUT2D eigenvalue weighted by molar-refractivity contribution is -0.141. The van der Waals surface area contributed by atoms with Crippen LogP contribution in [-0.4, -0.2) is 79.2 Å². The van der Waals surface area contributed by atoms with Crippen LogP contribution in [0.2, 0.25) is 0 Å². The maximum Gasteiger partial charge on any atom is 0.433 e. The lowest BCUT2D eigenvalue weighted by atomic mass is 10.2. The molecule has 9 heteroatoms. The summed E-state index contributed by atoms with van der Waals surface area (Å²) in [5, 5.41) is 2.97. The van der Waals surface area contributed by atoms with Crippen molar-refractivity contribution in [2.45, 2.75) is 26.1 Å². The minimum Gasteiger partial charge on any atom is -0.363 e. The molecule has 1 aliphatic rings. The number of rotatable bonds is 6. The molecular formula is C16H27F3N6. The number of nitrogens with zero attached hydrogens (tertiary/aromatic N) is 5. The predicted octanol–water partition coefficient (Wildman–Crippen LogP) is 2.00. The fourth-order valence-electron chi connectivity index (χ4n) is 2.78. The van der Waals surface area contributed by atoms with E-state index in [-0.39, 0.29) is 17.8 Å². The molecule has 1 atom stereocenters. The monoisotopic (exact) mass is 360 g/mol. The van der Waals surface area contributed by atoms with Crippen LogP contribution in [0.1, 0.15) is 19.5 Å². The number of anilines is 2. The van der Waals surface area contributed by atoms with E-state index in [2.05, 4.69) is 38.9 Å². The fourth-order valence-corrected chi connectivity index (χ4v) is 2.78. The Morgan fingerprint density at radius 1 is 1.20 bits per heavy atom. The maximum absolute atomic E-state index is 13.0. The third-order valence-corrected chi connectivity index (χ3v) is 4.49. The number of hydrogen-bond acceptors (Lipinski definition) is 6. The van der Waals surface area contributed by atoms with Crippen molar-refractivity contribution in [1.82, 2.24) is 19.8 Å². The molecule has 0 amide bonds. The van der Waals surface area contributed by atoms with Gasteiger partial charge in [-0.1, -0.05) is 6.92 Å². The summed E-state index contributed by atoms with van der Waals surface area (Å²) in [5.74, 6) is 0.242. The van der Waals surface area contributed by atoms with Crippen molar-refractivity contribution in [3.63, 3.8) is 0 Å². The van der Waals surface area contributed by atoms with Crippen LogP contribution in [0.3, 0.4) is 0 Å². The molecule has 1 saturated heterocycles. The van der Waals surface area contributed by atoms with Crippen LogP contribution >= 0.6 is 0 Å². The van der Waals surface area contributed by atoms with Crippen LogP contribution in [0.4, 0.5) is 24.9 Å². The van der Waals surface area contributed by atoms with E-state index in [1.54, 1.807) is 14.1 Å². The van der Waals surface area contributed by atoms with E-state index in [4.69, 9.17) is 0 Å². The van der Waals surface area contributed by atoms with E-state index in [1.165, 1.54) is 4.90 Å². The van der Waals surface area contributed by atoms with Gasteiger partial charge < -0.3 is 15.1 Å². The number of piperazine rings is 1. The van der Waals surface area contributed by atoms with E-state index in [0.29, 0.717) is 6.54 Å². The average molecular weight is 360 g/mol. The molecule has 0 aliphatic carbocycles. The zero-order valence-electron chi connectivity index (χ0n) is 15.3. The molecule has 0 aromatic carbocycles. The molecule has 1 aliphatic heterocycles. The highest BCUT2D eigenvalue weighted by Crippen LogP contribution is 2.30. The summed E-state index contributed by atoms with van der Waals surface area (Å²) in [6.45, 7) is 9.72. The first-order valence-electron chi connectivity index (χ1n) is 8.54. The highest BCUT2D eigenvalue weighted by molar-refractivity contribution is 5.44. The Hall–Kier alpha value is -1.61. The zero-order valence-corrected chi connectivity index (χ0v) is 15.3. The van der Waals surface area contributed by atoms with Gasteiger partial charge in [0.05, 0.1) is 0 Å². The zero-order chi connectivity index (χ0) is 18.6. The molecule has 25 heavy (non-hydrogen) atoms. The Labute approximate surface area is 147 Å². The number of aromatic nitrogens is 2. The third-order valence-electron chi connectivity index (χ3n) is 4.49. The molecular weight excluding hydrogens is 333 g/mol. The van der Waals surface area contributed by atoms with Gasteiger partial charge in [-0.25, -0.2) is 4.98 Å². The van der Waals surface area contributed by atoms with E-state index >= 15 is 0 Å². The number of halogens is 3. The van der Waals surface area contributed by atoms with Crippen LogP contribution in [0, 0.1) is 0 Å². The van der Waals surface area contributed by atoms with Gasteiger partial charge in [0.25, 0.3) is 0 Å². The Bertz CT molecular complexity index is 555. The van der Waals surface area contributed by atoms with Gasteiger partial charge in [0.1, 0.15) is 5.82 Å². The van der Waals surface area contributed by atoms with Crippen molar-refractivity contribution >= 4 is 11.8 Å². The van der Waals surface area contributed by atoms with Crippen molar-refractivity contribution in [3.05, 3.63) is 11.8 Å². The Morgan fingerprint density at radius 3 is 2.36 bits per heavy atom. The Kier molecular flexibility index (Phi) is 6.45. The van der Waals surface area contributed by atoms with Crippen molar-refractivity contribution < 1.29 is 13.2 Å². The molecule has 2 heterocycles. The van der Waals surface area contributed by atoms with Crippen molar-refractivity contribution in [3.8, 4) is 0 Å². The van der Waals surface area contributed by atoms with Gasteiger partial charge in [-0.3, -0.25) is 4.90 Å². The number of hydrogen-bond donors (Lipinski definition) is 1. The first-order valence-corrected chi connectivity index (χ1v) is 8.54. The van der Waals surface area contributed by atoms with Crippen LogP contribution in [0.25, 0.3) is 0 Å². The Morgan fingerprint density at radius 2 is 1.84 bits per heavy atom. The first-order chi connectivity index (χ1) is 11.7. The normalized spacial score (nSPS) is 18.2. The second-order valence-corrected chi connectivity index (χ2v) is 6.53. The summed E-state index contributed by atoms with van der Waals surface area (Å²) in [5.41, 5.74) is -0.932. The molecule has 6 nitrogen and oxygen atoms in total. The molecule has 0 bridgehead atoms. The smallest absolute Gasteiger partial charge is 0.363 e. The van der Waals surface area contributed by atoms with Gasteiger partial charge in [-0.2, -0.15) is 18.2 Å². The van der Waals surface area contributed by atoms with Crippen LogP contribution in [0.15, 0.2) is 6.07 Å². The quantitative estimate of drug-likeness (QED) is 0.837. The number of nitrogens with one attached hydrogen (secondary N) is 1. The van der Waals surface area contributed by atoms with Gasteiger partial charge >= 0.3 is 6.18 Å². The maximum atomic E-state index is 13.0. The SMILES string of the molecule is CCN1CCN(C(C)CNc2nc(N(C)C)cc(C(F)(F)F)n2)CC1. The summed E-state index contributed by atoms with van der Waals surface area (Å²) in [4.78, 5) is 14.0. The van der Waals surface area contributed by atoms with Crippen LogP contribution in [0.5, 0.6) is 0 Å². The highest BCUT2D eigenvalue weighted by Gasteiger charge is 2.34. The van der Waals surface area contributed by atoms with Gasteiger partial charge in [-0.15, -0.1) is 0 Å². The van der Waals surface area contributed by atoms with Crippen molar-refractivity contribution in [2.75, 3.05) is 63.6 Å². The summed E-state index contributed by atoms with van der Waals surface area (Å²) in [7, 11) is 3.31. The topological polar surface area (TPSA) is 47.5 Å². The summed E-state index contributed by atoms with van der Waals surface area (Å²) in [6.07, 6.45) is -4.49. The lowest BCUT2D eigenvalue weighted by Gasteiger charge is -2.37. The molecule has 1 fully saturated rings. The lowest BCUT2D eigenvalue weighted by Crippen LogP contribution is -2.51. The average Bonchev–Trinajstić information content (AvgIpc) is 2.58. The Balaban J connectivity index is 2.01. The summed E-state index contributed by atoms with van der Waals surface area (Å²) in [6, 6.07) is 1.15. The first kappa shape index (κ1) is 19.7. The molecule has 2 rings (SSSR count). The van der Waals surface area contributed by atoms with Gasteiger partial charge in [0.2, 0.25) is 5.95 Å². The van der Waals surface area contributed by atoms with Crippen LogP contribution < -0.4 is 10.2 Å². The predicted molar refractivity (Wildman–Crippen MR) is 93.0 cm³/mol. The van der Waals surface area contributed by atoms with Gasteiger partial charge in [-0.05, 0) is 13.5 Å². The molecule has 1 unspecified atom stereocenters. The van der Waals surface area contributed by atoms with E-state index in [0.717, 1.165) is 38.8 Å². The van der Waals surface area contributed by atoms with Gasteiger partial charge in [0.15, 0.2) is 5.69 Å². The standard InChI is InChI=1S/C16H27F3N6/c1-5-24-6-8-25(9-7-24)12(2)11-20-15-21-13(16(17,18)19)10-14(22-15)23(3)4/h10,12H,5-9,11H2,1-4H3,(H,20,21,22). The minimum absolute atomic E-state index is 0.0116. The van der Waals surface area contributed by atoms with Crippen molar-refractivity contribution in [2.24, 2.45) is 0 Å². The highest BCUT2D eigenvalue weighted by atomic mass is 19.4. The number of alkyl halides is 3. The van der Waals surface area contributed by atoms with E-state index in [9.17, 15) is 13.2 Å². The summed E-state index contributed by atoms with van der Waals surface area (Å²) < 4.78 is 39.1. The largest absolute Gasteiger partial charge is 0.433 e. The molecule has 142 valence electrons. The summed E-state index contributed by atoms with van der Waals surface area (Å²) >= 11 is 0. The van der Waals surface area contributed by atoms with Gasteiger partial charge in [0, 0.05) is 58.9 Å². The van der Waals surface area contributed by atoms with E-state index in [1.807, 2.05) is 0 Å². The number of likely N-dealkylation sites (N-methyl/N-ethyl adjacent to an activating group) is 1. The van der Waals surface area contributed by atoms with Crippen molar-refractivity contribution in [1.29, 1.82) is 0 Å². The molecule has 1 N–H and O–H groups in total. The molecule has 0 saturated carbocycles. The second-order valence-electron chi connectivity index (χ2n) is 6.53. The third kappa shape index (κ3) is 5.43. The van der Waals surface area contributed by atoms with E-state index < -0.39 is 11.9 Å². The minimum atomic E-state index is -4.49. The second kappa shape index (κ2) is 8.18. The van der Waals surface area contributed by atoms with Crippen LogP contribution in [-0.2, 0) is 6.18 Å².